The summed E-state index contributed by atoms with van der Waals surface area (Å²) in [6.45, 7) is 1.95. The van der Waals surface area contributed by atoms with Crippen molar-refractivity contribution in [2.75, 3.05) is 14.1 Å². The minimum atomic E-state index is -2.46. The predicted octanol–water partition coefficient (Wildman–Crippen LogP) is 1.70. The summed E-state index contributed by atoms with van der Waals surface area (Å²) >= 11 is 0. The number of fused-ring (bicyclic) bond motifs is 3. The molecule has 40 heavy (non-hydrogen) atoms. The number of phenolic OH excluding ortho intramolecular Hbond substituents is 1. The molecule has 0 aromatic heterocycles. The zero-order valence-corrected chi connectivity index (χ0v) is 23.0. The Labute approximate surface area is 233 Å². The highest BCUT2D eigenvalue weighted by Gasteiger charge is 2.66. The number of carbonyl (C=O) groups excluding carboxylic acids is 3. The number of aryl methyl sites for hydroxylation is 1. The molecular weight excluding hydrogens is 512 g/mol. The van der Waals surface area contributed by atoms with Crippen molar-refractivity contribution in [2.24, 2.45) is 23.5 Å². The Balaban J connectivity index is 1.63. The average molecular weight is 549 g/mol. The number of aliphatic hydroxyl groups is 3. The van der Waals surface area contributed by atoms with Gasteiger partial charge in [0.25, 0.3) is 5.91 Å². The van der Waals surface area contributed by atoms with Crippen LogP contribution in [0.4, 0.5) is 0 Å². The number of nitrogens with two attached hydrogens (primary N) is 1. The van der Waals surface area contributed by atoms with Crippen molar-refractivity contribution in [1.82, 2.24) is 4.90 Å². The maximum atomic E-state index is 14.1. The molecule has 0 radical (unpaired) electrons. The molecule has 1 saturated carbocycles. The quantitative estimate of drug-likeness (QED) is 0.282. The smallest absolute Gasteiger partial charge is 0.255 e. The molecule has 1 fully saturated rings. The zero-order valence-electron chi connectivity index (χ0n) is 23.0. The van der Waals surface area contributed by atoms with E-state index in [-0.39, 0.29) is 17.7 Å². The summed E-state index contributed by atoms with van der Waals surface area (Å²) in [5.74, 6) is -0.295. The number of Topliss-reactive ketones (excluding diaryl/α,β-unsaturated/α-hetero) is 2. The second kappa shape index (κ2) is 10.2. The van der Waals surface area contributed by atoms with E-state index < -0.39 is 64.3 Å². The Kier molecular flexibility index (Phi) is 7.15. The van der Waals surface area contributed by atoms with Gasteiger partial charge in [-0.15, -0.1) is 0 Å². The summed E-state index contributed by atoms with van der Waals surface area (Å²) in [7, 11) is 3.20. The van der Waals surface area contributed by atoms with E-state index in [0.29, 0.717) is 24.0 Å². The molecule has 1 amide bonds. The molecule has 6 atom stereocenters. The standard InChI is InChI=1S/C31H36N2O7/c1-4-16-12-17(11-10-15-8-6-5-7-9-15)25(34)22-19(16)13-18-14-20-24(33(2)3)27(36)23(30(32)39)29(38)31(20,40)28(37)21(18)26(22)35/h8,12,18,20-21,24,28,34,37-38,40H,4-7,9,13-14H2,1-3H3,(H2,32,39)/t18-,20-,21?,24-,28?,31-/m0/s1. The Morgan fingerprint density at radius 2 is 1.90 bits per heavy atom. The van der Waals surface area contributed by atoms with Crippen LogP contribution in [-0.2, 0) is 22.4 Å². The van der Waals surface area contributed by atoms with E-state index in [1.165, 1.54) is 4.90 Å². The lowest BCUT2D eigenvalue weighted by Crippen LogP contribution is -2.69. The van der Waals surface area contributed by atoms with Crippen LogP contribution < -0.4 is 5.73 Å². The van der Waals surface area contributed by atoms with Gasteiger partial charge in [-0.1, -0.05) is 24.8 Å². The maximum Gasteiger partial charge on any atom is 0.255 e. The number of hydrogen-bond donors (Lipinski definition) is 5. The number of primary amides is 1. The molecular formula is C31H36N2O7. The van der Waals surface area contributed by atoms with Crippen LogP contribution in [0.1, 0.15) is 66.1 Å². The first kappa shape index (κ1) is 28.1. The minimum absolute atomic E-state index is 0.0678. The van der Waals surface area contributed by atoms with Crippen LogP contribution in [0.25, 0.3) is 0 Å². The first-order valence-corrected chi connectivity index (χ1v) is 13.9. The van der Waals surface area contributed by atoms with Crippen LogP contribution in [0.15, 0.2) is 29.0 Å². The number of amides is 1. The van der Waals surface area contributed by atoms with Gasteiger partial charge in [0.1, 0.15) is 23.2 Å². The molecule has 0 aliphatic heterocycles. The normalized spacial score (nSPS) is 31.6. The number of hydrogen-bond acceptors (Lipinski definition) is 8. The predicted molar refractivity (Wildman–Crippen MR) is 146 cm³/mol. The van der Waals surface area contributed by atoms with Crippen molar-refractivity contribution in [1.29, 1.82) is 0 Å². The Hall–Kier alpha value is -3.45. The third-order valence-corrected chi connectivity index (χ3v) is 9.28. The molecule has 1 aromatic carbocycles. The van der Waals surface area contributed by atoms with Crippen molar-refractivity contribution >= 4 is 17.5 Å². The van der Waals surface area contributed by atoms with Crippen LogP contribution in [0.2, 0.25) is 0 Å². The summed E-state index contributed by atoms with van der Waals surface area (Å²) in [5.41, 5.74) is 5.09. The third kappa shape index (κ3) is 4.09. The average Bonchev–Trinajstić information content (AvgIpc) is 2.90. The number of aromatic hydroxyl groups is 1. The molecule has 9 nitrogen and oxygen atoms in total. The second-order valence-electron chi connectivity index (χ2n) is 11.7. The van der Waals surface area contributed by atoms with Gasteiger partial charge < -0.3 is 26.2 Å². The topological polar surface area (TPSA) is 161 Å². The molecule has 5 rings (SSSR count). The van der Waals surface area contributed by atoms with Crippen molar-refractivity contribution in [2.45, 2.75) is 69.6 Å². The Morgan fingerprint density at radius 1 is 1.18 bits per heavy atom. The van der Waals surface area contributed by atoms with Crippen molar-refractivity contribution in [3.8, 4) is 17.6 Å². The van der Waals surface area contributed by atoms with Gasteiger partial charge in [-0.05, 0) is 87.7 Å². The number of likely N-dealkylation sites (N-methyl/N-ethyl adjacent to an activating group) is 1. The fourth-order valence-corrected chi connectivity index (χ4v) is 7.34. The molecule has 0 bridgehead atoms. The number of rotatable bonds is 3. The van der Waals surface area contributed by atoms with E-state index in [4.69, 9.17) is 5.73 Å². The van der Waals surface area contributed by atoms with Crippen molar-refractivity contribution < 1.29 is 34.8 Å². The molecule has 4 aliphatic rings. The third-order valence-electron chi connectivity index (χ3n) is 9.28. The molecule has 4 aliphatic carbocycles. The van der Waals surface area contributed by atoms with Crippen LogP contribution in [-0.4, -0.2) is 74.6 Å². The Morgan fingerprint density at radius 3 is 2.50 bits per heavy atom. The number of aliphatic hydroxyl groups excluding tert-OH is 2. The van der Waals surface area contributed by atoms with E-state index in [0.717, 1.165) is 36.8 Å². The van der Waals surface area contributed by atoms with Gasteiger partial charge in [-0.2, -0.15) is 0 Å². The molecule has 212 valence electrons. The van der Waals surface area contributed by atoms with Gasteiger partial charge in [0.15, 0.2) is 17.2 Å². The zero-order chi connectivity index (χ0) is 29.1. The first-order chi connectivity index (χ1) is 18.9. The molecule has 9 heteroatoms. The maximum absolute atomic E-state index is 14.1. The second-order valence-corrected chi connectivity index (χ2v) is 11.7. The molecule has 0 saturated heterocycles. The van der Waals surface area contributed by atoms with Gasteiger partial charge in [-0.3, -0.25) is 19.3 Å². The number of ketones is 2. The highest BCUT2D eigenvalue weighted by atomic mass is 16.4. The van der Waals surface area contributed by atoms with E-state index in [1.54, 1.807) is 14.1 Å². The fraction of sp³-hybridized carbons (Fsp3) is 0.516. The largest absolute Gasteiger partial charge is 0.508 e. The van der Waals surface area contributed by atoms with E-state index in [1.807, 2.05) is 13.0 Å². The number of allylic oxidation sites excluding steroid dienone is 2. The molecule has 6 N–H and O–H groups in total. The van der Waals surface area contributed by atoms with Gasteiger partial charge in [0, 0.05) is 5.92 Å². The number of benzene rings is 1. The molecule has 0 heterocycles. The summed E-state index contributed by atoms with van der Waals surface area (Å²) in [4.78, 5) is 41.0. The lowest BCUT2D eigenvalue weighted by molar-refractivity contribution is -0.183. The number of phenols is 1. The van der Waals surface area contributed by atoms with Crippen LogP contribution >= 0.6 is 0 Å². The van der Waals surface area contributed by atoms with Gasteiger partial charge >= 0.3 is 0 Å². The minimum Gasteiger partial charge on any atom is -0.508 e. The number of carbonyl (C=O) groups is 3. The van der Waals surface area contributed by atoms with Gasteiger partial charge in [-0.25, -0.2) is 0 Å². The SMILES string of the molecule is CCc1cc(C#CC2=CCCCC2)c(O)c2c1C[C@H]1C[C@H]3[C@H](N(C)C)C(=O)C(C(N)=O)=C(O)[C@@]3(O)C(O)C1C2=O. The summed E-state index contributed by atoms with van der Waals surface area (Å²) < 4.78 is 0. The summed E-state index contributed by atoms with van der Waals surface area (Å²) in [6.07, 6.45) is 5.28. The van der Waals surface area contributed by atoms with Gasteiger partial charge in [0.05, 0.1) is 23.1 Å². The fourth-order valence-electron chi connectivity index (χ4n) is 7.34. The lowest BCUT2D eigenvalue weighted by atomic mass is 9.53. The van der Waals surface area contributed by atoms with Crippen molar-refractivity contribution in [3.05, 3.63) is 51.3 Å². The van der Waals surface area contributed by atoms with E-state index in [2.05, 4.69) is 17.9 Å². The summed E-state index contributed by atoms with van der Waals surface area (Å²) in [6, 6.07) is 0.759. The van der Waals surface area contributed by atoms with E-state index >= 15 is 0 Å². The van der Waals surface area contributed by atoms with Crippen LogP contribution in [0.5, 0.6) is 5.75 Å². The molecule has 2 unspecified atom stereocenters. The van der Waals surface area contributed by atoms with Crippen LogP contribution in [0.3, 0.4) is 0 Å². The highest BCUT2D eigenvalue weighted by molar-refractivity contribution is 6.22. The summed E-state index contributed by atoms with van der Waals surface area (Å²) in [5, 5.41) is 45.8. The van der Waals surface area contributed by atoms with Crippen LogP contribution in [0, 0.1) is 29.6 Å². The molecule has 1 aromatic rings. The highest BCUT2D eigenvalue weighted by Crippen LogP contribution is 2.54. The first-order valence-electron chi connectivity index (χ1n) is 13.9. The number of nitrogens with zero attached hydrogens (tertiary/aromatic N) is 1. The lowest BCUT2D eigenvalue weighted by Gasteiger charge is -2.55. The van der Waals surface area contributed by atoms with Gasteiger partial charge in [0.2, 0.25) is 0 Å². The van der Waals surface area contributed by atoms with Crippen molar-refractivity contribution in [3.63, 3.8) is 0 Å². The monoisotopic (exact) mass is 548 g/mol. The van der Waals surface area contributed by atoms with E-state index in [9.17, 15) is 34.8 Å². The molecule has 0 spiro atoms. The Bertz CT molecular complexity index is 1430.